The second-order valence-corrected chi connectivity index (χ2v) is 8.98. The first kappa shape index (κ1) is 41.6. The Morgan fingerprint density at radius 1 is 0.457 bits per heavy atom. The second kappa shape index (κ2) is 33.9. The van der Waals surface area contributed by atoms with Crippen molar-refractivity contribution in [1.82, 2.24) is 0 Å². The van der Waals surface area contributed by atoms with Gasteiger partial charge in [-0.05, 0) is 12.1 Å². The minimum absolute atomic E-state index is 0.0242. The molecule has 0 saturated carbocycles. The number of ether oxygens (including phenoxy) is 12. The van der Waals surface area contributed by atoms with E-state index in [1.807, 2.05) is 0 Å². The summed E-state index contributed by atoms with van der Waals surface area (Å²) in [4.78, 5) is 10.2. The van der Waals surface area contributed by atoms with Crippen LogP contribution in [0.25, 0.3) is 0 Å². The summed E-state index contributed by atoms with van der Waals surface area (Å²) >= 11 is 0. The molecule has 0 aliphatic rings. The Morgan fingerprint density at radius 3 is 0.978 bits per heavy atom. The van der Waals surface area contributed by atoms with Crippen molar-refractivity contribution < 1.29 is 61.8 Å². The van der Waals surface area contributed by atoms with Gasteiger partial charge in [-0.1, -0.05) is 5.92 Å². The highest BCUT2D eigenvalue weighted by molar-refractivity contribution is 5.35. The highest BCUT2D eigenvalue weighted by Crippen LogP contribution is 2.17. The first-order valence-corrected chi connectivity index (χ1v) is 15.4. The fraction of sp³-hybridized carbons (Fsp3) is 0.742. The number of hydrogen-bond donors (Lipinski definition) is 0. The SMILES string of the molecule is C#CCOCCOCCOCCOCCOCCOCCOCCOCCOCCOCCOCCOc1ccc([N+](=O)[O-])cc1. The normalized spacial score (nSPS) is 11.1. The number of terminal acetylenes is 1. The van der Waals surface area contributed by atoms with Crippen LogP contribution in [0.4, 0.5) is 5.69 Å². The van der Waals surface area contributed by atoms with E-state index < -0.39 is 4.92 Å². The summed E-state index contributed by atoms with van der Waals surface area (Å²) in [5.41, 5.74) is 0.0242. The van der Waals surface area contributed by atoms with Gasteiger partial charge in [0, 0.05) is 12.1 Å². The van der Waals surface area contributed by atoms with Gasteiger partial charge < -0.3 is 56.8 Å². The van der Waals surface area contributed by atoms with Crippen LogP contribution in [0.2, 0.25) is 0 Å². The fourth-order valence-electron chi connectivity index (χ4n) is 3.21. The van der Waals surface area contributed by atoms with Crippen molar-refractivity contribution in [3.05, 3.63) is 34.4 Å². The van der Waals surface area contributed by atoms with E-state index in [9.17, 15) is 10.1 Å². The molecule has 264 valence electrons. The van der Waals surface area contributed by atoms with E-state index in [1.54, 1.807) is 12.1 Å². The van der Waals surface area contributed by atoms with E-state index in [4.69, 9.17) is 63.3 Å². The lowest BCUT2D eigenvalue weighted by Gasteiger charge is -2.09. The number of benzene rings is 1. The van der Waals surface area contributed by atoms with Gasteiger partial charge in [-0.25, -0.2) is 0 Å². The number of nitrogens with zero attached hydrogens (tertiary/aromatic N) is 1. The molecule has 0 N–H and O–H groups in total. The van der Waals surface area contributed by atoms with E-state index in [0.29, 0.717) is 158 Å². The molecule has 0 aromatic heterocycles. The molecule has 0 aliphatic carbocycles. The summed E-state index contributed by atoms with van der Waals surface area (Å²) in [7, 11) is 0. The van der Waals surface area contributed by atoms with E-state index in [1.165, 1.54) is 12.1 Å². The van der Waals surface area contributed by atoms with Crippen LogP contribution in [0.15, 0.2) is 24.3 Å². The molecule has 15 nitrogen and oxygen atoms in total. The summed E-state index contributed by atoms with van der Waals surface area (Å²) in [5.74, 6) is 2.95. The van der Waals surface area contributed by atoms with E-state index in [-0.39, 0.29) is 5.69 Å². The van der Waals surface area contributed by atoms with Gasteiger partial charge in [0.2, 0.25) is 0 Å². The van der Waals surface area contributed by atoms with Crippen LogP contribution in [-0.4, -0.2) is 157 Å². The second-order valence-electron chi connectivity index (χ2n) is 8.98. The third-order valence-electron chi connectivity index (χ3n) is 5.45. The van der Waals surface area contributed by atoms with Crippen LogP contribution >= 0.6 is 0 Å². The standard InChI is InChI=1S/C31H51NO14/c1-2-7-35-8-9-36-10-11-37-12-13-38-14-15-39-16-17-40-18-19-41-20-21-42-22-23-43-24-25-44-26-27-45-28-29-46-31-5-3-30(4-6-31)32(33)34/h1,3-6H,7-29H2. The topological polar surface area (TPSA) is 154 Å². The average Bonchev–Trinajstić information content (AvgIpc) is 3.06. The van der Waals surface area contributed by atoms with E-state index in [2.05, 4.69) is 5.92 Å². The molecular formula is C31H51NO14. The Labute approximate surface area is 272 Å². The Kier molecular flexibility index (Phi) is 30.6. The van der Waals surface area contributed by atoms with E-state index in [0.717, 1.165) is 0 Å². The number of rotatable bonds is 36. The zero-order chi connectivity index (χ0) is 33.0. The Balaban J connectivity index is 1.65. The molecule has 1 aromatic rings. The van der Waals surface area contributed by atoms with Crippen LogP contribution in [0.5, 0.6) is 5.75 Å². The monoisotopic (exact) mass is 661 g/mol. The first-order chi connectivity index (χ1) is 22.7. The van der Waals surface area contributed by atoms with E-state index >= 15 is 0 Å². The van der Waals surface area contributed by atoms with Gasteiger partial charge in [-0.2, -0.15) is 0 Å². The number of hydrogen-bond acceptors (Lipinski definition) is 14. The summed E-state index contributed by atoms with van der Waals surface area (Å²) in [6.45, 7) is 10.7. The lowest BCUT2D eigenvalue weighted by Crippen LogP contribution is -2.15. The van der Waals surface area contributed by atoms with Crippen molar-refractivity contribution in [3.63, 3.8) is 0 Å². The maximum atomic E-state index is 10.6. The molecule has 0 radical (unpaired) electrons. The Morgan fingerprint density at radius 2 is 0.717 bits per heavy atom. The third kappa shape index (κ3) is 29.0. The molecule has 1 aromatic carbocycles. The van der Waals surface area contributed by atoms with Gasteiger partial charge in [-0.3, -0.25) is 10.1 Å². The van der Waals surface area contributed by atoms with Crippen molar-refractivity contribution in [3.8, 4) is 18.1 Å². The van der Waals surface area contributed by atoms with Crippen molar-refractivity contribution in [1.29, 1.82) is 0 Å². The molecule has 15 heteroatoms. The van der Waals surface area contributed by atoms with Crippen LogP contribution < -0.4 is 4.74 Å². The third-order valence-corrected chi connectivity index (χ3v) is 5.45. The largest absolute Gasteiger partial charge is 0.491 e. The predicted molar refractivity (Wildman–Crippen MR) is 166 cm³/mol. The zero-order valence-electron chi connectivity index (χ0n) is 26.8. The minimum Gasteiger partial charge on any atom is -0.491 e. The van der Waals surface area contributed by atoms with Crippen LogP contribution in [-0.2, 0) is 52.1 Å². The maximum Gasteiger partial charge on any atom is 0.269 e. The summed E-state index contributed by atoms with van der Waals surface area (Å²) in [6.07, 6.45) is 5.08. The lowest BCUT2D eigenvalue weighted by molar-refractivity contribution is -0.384. The van der Waals surface area contributed by atoms with Gasteiger partial charge in [0.1, 0.15) is 19.0 Å². The fourth-order valence-corrected chi connectivity index (χ4v) is 3.21. The number of non-ortho nitro benzene ring substituents is 1. The predicted octanol–water partition coefficient (Wildman–Crippen LogP) is 1.79. The molecule has 46 heavy (non-hydrogen) atoms. The molecule has 0 aliphatic heterocycles. The molecule has 1 rings (SSSR count). The van der Waals surface area contributed by atoms with Gasteiger partial charge in [-0.15, -0.1) is 6.42 Å². The maximum absolute atomic E-state index is 10.6. The van der Waals surface area contributed by atoms with Gasteiger partial charge in [0.15, 0.2) is 0 Å². The van der Waals surface area contributed by atoms with Crippen molar-refractivity contribution in [2.24, 2.45) is 0 Å². The highest BCUT2D eigenvalue weighted by atomic mass is 16.6. The molecule has 0 saturated heterocycles. The quantitative estimate of drug-likeness (QED) is 0.0444. The Bertz CT molecular complexity index is 840. The Hall–Kier alpha value is -2.46. The summed E-state index contributed by atoms with van der Waals surface area (Å²) in [6, 6.07) is 5.90. The summed E-state index contributed by atoms with van der Waals surface area (Å²) < 4.78 is 64.9. The number of nitro benzene ring substituents is 1. The minimum atomic E-state index is -0.453. The first-order valence-electron chi connectivity index (χ1n) is 15.4. The van der Waals surface area contributed by atoms with Gasteiger partial charge in [0.05, 0.1) is 144 Å². The molecule has 0 unspecified atom stereocenters. The molecule has 0 spiro atoms. The van der Waals surface area contributed by atoms with Crippen LogP contribution in [0.3, 0.4) is 0 Å². The molecule has 0 fully saturated rings. The molecule has 0 heterocycles. The average molecular weight is 662 g/mol. The molecule has 0 bridgehead atoms. The highest BCUT2D eigenvalue weighted by Gasteiger charge is 2.04. The molecule has 0 amide bonds. The number of nitro groups is 1. The zero-order valence-corrected chi connectivity index (χ0v) is 26.8. The van der Waals surface area contributed by atoms with Gasteiger partial charge in [0.25, 0.3) is 5.69 Å². The molecular weight excluding hydrogens is 610 g/mol. The summed E-state index contributed by atoms with van der Waals surface area (Å²) in [5, 5.41) is 10.6. The molecule has 0 atom stereocenters. The smallest absolute Gasteiger partial charge is 0.269 e. The van der Waals surface area contributed by atoms with Crippen molar-refractivity contribution in [2.75, 3.05) is 152 Å². The van der Waals surface area contributed by atoms with Crippen molar-refractivity contribution in [2.45, 2.75) is 0 Å². The van der Waals surface area contributed by atoms with Crippen LogP contribution in [0, 0.1) is 22.5 Å². The lowest BCUT2D eigenvalue weighted by atomic mass is 10.3. The van der Waals surface area contributed by atoms with Gasteiger partial charge >= 0.3 is 0 Å². The van der Waals surface area contributed by atoms with Crippen LogP contribution in [0.1, 0.15) is 0 Å². The van der Waals surface area contributed by atoms with Crippen molar-refractivity contribution >= 4 is 5.69 Å².